The van der Waals surface area contributed by atoms with Gasteiger partial charge in [0, 0.05) is 85.2 Å². The predicted molar refractivity (Wildman–Crippen MR) is 374 cm³/mol. The second-order valence-electron chi connectivity index (χ2n) is 25.6. The van der Waals surface area contributed by atoms with E-state index in [1.54, 1.807) is 0 Å². The van der Waals surface area contributed by atoms with Crippen molar-refractivity contribution in [1.29, 1.82) is 0 Å². The molecule has 450 valence electrons. The van der Waals surface area contributed by atoms with Gasteiger partial charge in [-0.1, -0.05) is 317 Å². The molecule has 0 unspecified atom stereocenters. The van der Waals surface area contributed by atoms with Crippen LogP contribution in [0.1, 0.15) is 274 Å². The maximum atomic E-state index is 3.66. The number of para-hydroxylation sites is 2. The molecule has 0 aliphatic carbocycles. The van der Waals surface area contributed by atoms with Gasteiger partial charge in [-0.3, -0.25) is 0 Å². The van der Waals surface area contributed by atoms with Crippen LogP contribution in [0.25, 0.3) is 65.4 Å². The lowest BCUT2D eigenvalue weighted by atomic mass is 10.1. The van der Waals surface area contributed by atoms with Crippen molar-refractivity contribution in [3.63, 3.8) is 0 Å². The van der Waals surface area contributed by atoms with Gasteiger partial charge in [-0.05, 0) is 79.9 Å². The van der Waals surface area contributed by atoms with Crippen molar-refractivity contribution < 1.29 is 0 Å². The first-order chi connectivity index (χ1) is 42.1. The number of rotatable bonds is 39. The zero-order valence-electron chi connectivity index (χ0n) is 53.5. The minimum Gasteiger partial charge on any atom is -0.340 e. The maximum absolute atomic E-state index is 3.66. The highest BCUT2D eigenvalue weighted by Gasteiger charge is 2.15. The normalized spacial score (nSPS) is 11.7. The molecule has 9 rings (SSSR count). The summed E-state index contributed by atoms with van der Waals surface area (Å²) in [4.78, 5) is 0. The van der Waals surface area contributed by atoms with E-state index in [0.29, 0.717) is 0 Å². The van der Waals surface area contributed by atoms with E-state index in [-0.39, 0.29) is 0 Å². The van der Waals surface area contributed by atoms with Crippen molar-refractivity contribution >= 4 is 65.4 Å². The quantitative estimate of drug-likeness (QED) is 0.0269. The summed E-state index contributed by atoms with van der Waals surface area (Å²) in [5, 5.41) is 7.95. The number of hydrogen-bond acceptors (Lipinski definition) is 0. The smallest absolute Gasteiger partial charge is 0.0503 e. The fraction of sp³-hybridized carbons (Fsp3) is 0.512. The second-order valence-corrected chi connectivity index (χ2v) is 25.6. The molecule has 85 heavy (non-hydrogen) atoms. The Balaban J connectivity index is 0.899. The molecule has 3 aromatic heterocycles. The molecule has 3 heteroatoms. The largest absolute Gasteiger partial charge is 0.340 e. The van der Waals surface area contributed by atoms with Crippen LogP contribution in [-0.2, 0) is 19.6 Å². The molecule has 0 aliphatic rings. The summed E-state index contributed by atoms with van der Waals surface area (Å²) in [5.74, 6) is 14.6. The first-order valence-corrected chi connectivity index (χ1v) is 35.3. The molecule has 3 heterocycles. The Morgan fingerprint density at radius 2 is 0.412 bits per heavy atom. The first-order valence-electron chi connectivity index (χ1n) is 35.3. The molecule has 0 spiro atoms. The Morgan fingerprint density at radius 1 is 0.212 bits per heavy atom. The highest BCUT2D eigenvalue weighted by atomic mass is 15.0. The van der Waals surface area contributed by atoms with Gasteiger partial charge in [0.15, 0.2) is 0 Å². The Morgan fingerprint density at radius 3 is 0.659 bits per heavy atom. The molecule has 0 aliphatic heterocycles. The lowest BCUT2D eigenvalue weighted by molar-refractivity contribution is 0.533. The molecule has 3 nitrogen and oxygen atoms in total. The third-order valence-electron chi connectivity index (χ3n) is 18.8. The topological polar surface area (TPSA) is 14.8 Å². The van der Waals surface area contributed by atoms with E-state index in [9.17, 15) is 0 Å². The lowest BCUT2D eigenvalue weighted by Gasteiger charge is -2.09. The summed E-state index contributed by atoms with van der Waals surface area (Å²) in [6, 6.07) is 45.7. The predicted octanol–water partition coefficient (Wildman–Crippen LogP) is 24.9. The SMILES string of the molecule is CCCCCCCCCCCCCCn1c2ccccc2c2ccc(C#Cc3ccc4c5ccc(C#Cc6ccc7c8ccccc8n(CCCCCCCCCCCCCC)c7c6)cc5n(CCCCCCCCCCCCCC)c4c3)cc21. The van der Waals surface area contributed by atoms with Crippen molar-refractivity contribution in [2.75, 3.05) is 0 Å². The Hall–Kier alpha value is -6.16. The summed E-state index contributed by atoms with van der Waals surface area (Å²) in [7, 11) is 0. The van der Waals surface area contributed by atoms with Gasteiger partial charge in [-0.25, -0.2) is 0 Å². The summed E-state index contributed by atoms with van der Waals surface area (Å²) in [6.07, 6.45) is 49.0. The zero-order valence-corrected chi connectivity index (χ0v) is 53.5. The molecule has 0 saturated carbocycles. The van der Waals surface area contributed by atoms with Crippen molar-refractivity contribution in [1.82, 2.24) is 13.7 Å². The zero-order chi connectivity index (χ0) is 58.5. The van der Waals surface area contributed by atoms with Crippen LogP contribution in [-0.4, -0.2) is 13.7 Å². The van der Waals surface area contributed by atoms with E-state index < -0.39 is 0 Å². The van der Waals surface area contributed by atoms with Crippen LogP contribution in [0, 0.1) is 23.7 Å². The standard InChI is InChI=1S/C82H107N3/c1-4-7-10-13-16-19-22-25-28-31-34-41-60-83-77-46-39-37-44-71(77)73-56-52-67(63-79(73)83)48-50-69-54-58-75-76-59-55-70(66-82(76)85(81(75)65-69)62-43-36-33-30-27-24-21-18-15-12-9-6-3)51-49-68-53-57-74-72-45-38-40-47-78(72)84(80(74)64-68)61-42-35-32-29-26-23-20-17-14-11-8-5-2/h37-40,44-47,52-59,63-66H,4-36,41-43,60-62H2,1-3H3. The molecule has 0 amide bonds. The first kappa shape index (κ1) is 63.3. The summed E-state index contributed by atoms with van der Waals surface area (Å²) in [6.45, 7) is 10.0. The number of fused-ring (bicyclic) bond motifs is 9. The molecule has 0 atom stereocenters. The minimum atomic E-state index is 0.992. The summed E-state index contributed by atoms with van der Waals surface area (Å²) >= 11 is 0. The van der Waals surface area contributed by atoms with Crippen molar-refractivity contribution in [3.8, 4) is 23.7 Å². The third-order valence-corrected chi connectivity index (χ3v) is 18.8. The highest BCUT2D eigenvalue weighted by molar-refractivity contribution is 6.10. The number of unbranched alkanes of at least 4 members (excludes halogenated alkanes) is 33. The van der Waals surface area contributed by atoms with E-state index in [2.05, 4.69) is 179 Å². The van der Waals surface area contributed by atoms with Gasteiger partial charge in [0.2, 0.25) is 0 Å². The van der Waals surface area contributed by atoms with E-state index in [0.717, 1.165) is 41.9 Å². The third kappa shape index (κ3) is 18.4. The molecule has 0 N–H and O–H groups in total. The molecular weight excluding hydrogens is 1030 g/mol. The maximum Gasteiger partial charge on any atom is 0.0503 e. The van der Waals surface area contributed by atoms with Crippen LogP contribution in [0.4, 0.5) is 0 Å². The van der Waals surface area contributed by atoms with Crippen LogP contribution in [0.15, 0.2) is 121 Å². The van der Waals surface area contributed by atoms with E-state index in [1.807, 2.05) is 0 Å². The molecule has 0 saturated heterocycles. The van der Waals surface area contributed by atoms with Gasteiger partial charge in [-0.2, -0.15) is 0 Å². The molecule has 9 aromatic rings. The number of nitrogens with zero attached hydrogens (tertiary/aromatic N) is 3. The lowest BCUT2D eigenvalue weighted by Crippen LogP contribution is -1.98. The van der Waals surface area contributed by atoms with Gasteiger partial charge in [-0.15, -0.1) is 0 Å². The molecule has 6 aromatic carbocycles. The average molecular weight is 1130 g/mol. The summed E-state index contributed by atoms with van der Waals surface area (Å²) in [5.41, 5.74) is 12.1. The highest BCUT2D eigenvalue weighted by Crippen LogP contribution is 2.34. The van der Waals surface area contributed by atoms with E-state index in [4.69, 9.17) is 0 Å². The van der Waals surface area contributed by atoms with Crippen molar-refractivity contribution in [2.45, 2.75) is 272 Å². The minimum absolute atomic E-state index is 0.992. The van der Waals surface area contributed by atoms with Crippen LogP contribution in [0.5, 0.6) is 0 Å². The second kappa shape index (κ2) is 35.5. The fourth-order valence-electron chi connectivity index (χ4n) is 13.8. The number of aryl methyl sites for hydroxylation is 3. The fourth-order valence-corrected chi connectivity index (χ4v) is 13.8. The van der Waals surface area contributed by atoms with Gasteiger partial charge in [0.25, 0.3) is 0 Å². The molecule has 0 fully saturated rings. The van der Waals surface area contributed by atoms with Crippen LogP contribution in [0.3, 0.4) is 0 Å². The van der Waals surface area contributed by atoms with Gasteiger partial charge in [0.1, 0.15) is 0 Å². The average Bonchev–Trinajstić information content (AvgIpc) is 2.57. The molecule has 0 bridgehead atoms. The Labute approximate surface area is 515 Å². The number of aromatic nitrogens is 3. The van der Waals surface area contributed by atoms with Crippen LogP contribution >= 0.6 is 0 Å². The van der Waals surface area contributed by atoms with Crippen LogP contribution in [0.2, 0.25) is 0 Å². The van der Waals surface area contributed by atoms with E-state index >= 15 is 0 Å². The van der Waals surface area contributed by atoms with Gasteiger partial charge in [0.05, 0.1) is 22.1 Å². The van der Waals surface area contributed by atoms with Crippen LogP contribution < -0.4 is 0 Å². The molecule has 0 radical (unpaired) electrons. The van der Waals surface area contributed by atoms with E-state index in [1.165, 1.54) is 297 Å². The Bertz CT molecular complexity index is 3350. The number of hydrogen-bond donors (Lipinski definition) is 0. The molecular formula is C82H107N3. The van der Waals surface area contributed by atoms with Gasteiger partial charge >= 0.3 is 0 Å². The summed E-state index contributed by atoms with van der Waals surface area (Å²) < 4.78 is 7.74. The monoisotopic (exact) mass is 1130 g/mol. The van der Waals surface area contributed by atoms with Gasteiger partial charge < -0.3 is 13.7 Å². The number of benzene rings is 6. The van der Waals surface area contributed by atoms with Crippen molar-refractivity contribution in [3.05, 3.63) is 144 Å². The van der Waals surface area contributed by atoms with Crippen molar-refractivity contribution in [2.24, 2.45) is 0 Å². The Kier molecular flexibility index (Phi) is 26.4.